The second kappa shape index (κ2) is 7.19. The number of aliphatic hydroxyl groups is 1. The Hall–Kier alpha value is -2.79. The molecule has 1 atom stereocenters. The molecule has 0 unspecified atom stereocenters. The average Bonchev–Trinajstić information content (AvgIpc) is 3.09. The second-order valence-corrected chi connectivity index (χ2v) is 5.41. The van der Waals surface area contributed by atoms with E-state index in [1.54, 1.807) is 38.6 Å². The molecule has 0 fully saturated rings. The summed E-state index contributed by atoms with van der Waals surface area (Å²) in [7, 11) is 3.17. The zero-order chi connectivity index (χ0) is 16.9. The number of hydrogen-bond donors (Lipinski definition) is 1. The highest BCUT2D eigenvalue weighted by Gasteiger charge is 2.21. The first-order valence-electron chi connectivity index (χ1n) is 7.68. The van der Waals surface area contributed by atoms with Gasteiger partial charge in [0, 0.05) is 24.5 Å². The van der Waals surface area contributed by atoms with Crippen LogP contribution in [0.5, 0.6) is 11.5 Å². The molecule has 3 aromatic rings. The highest BCUT2D eigenvalue weighted by molar-refractivity contribution is 5.43. The van der Waals surface area contributed by atoms with Crippen molar-refractivity contribution in [3.8, 4) is 11.5 Å². The fraction of sp³-hybridized carbons (Fsp3) is 0.211. The van der Waals surface area contributed by atoms with Crippen molar-refractivity contribution in [1.82, 2.24) is 9.55 Å². The molecular formula is C19H20N2O3. The van der Waals surface area contributed by atoms with Gasteiger partial charge in [-0.3, -0.25) is 0 Å². The van der Waals surface area contributed by atoms with Gasteiger partial charge in [-0.25, -0.2) is 4.98 Å². The molecule has 0 bridgehead atoms. The highest BCUT2D eigenvalue weighted by atomic mass is 16.5. The maximum absolute atomic E-state index is 10.9. The predicted octanol–water partition coefficient (Wildman–Crippen LogP) is 3.03. The van der Waals surface area contributed by atoms with Gasteiger partial charge in [-0.15, -0.1) is 0 Å². The molecule has 0 spiro atoms. The molecule has 124 valence electrons. The lowest BCUT2D eigenvalue weighted by Gasteiger charge is -2.17. The van der Waals surface area contributed by atoms with E-state index < -0.39 is 6.10 Å². The van der Waals surface area contributed by atoms with Crippen LogP contribution in [-0.2, 0) is 6.54 Å². The number of benzene rings is 2. The van der Waals surface area contributed by atoms with E-state index in [0.717, 1.165) is 5.56 Å². The largest absolute Gasteiger partial charge is 0.497 e. The molecule has 2 aromatic carbocycles. The normalized spacial score (nSPS) is 12.0. The lowest BCUT2D eigenvalue weighted by atomic mass is 10.1. The summed E-state index contributed by atoms with van der Waals surface area (Å²) in [5.74, 6) is 1.81. The number of imidazole rings is 1. The lowest BCUT2D eigenvalue weighted by Crippen LogP contribution is -2.11. The third kappa shape index (κ3) is 3.26. The van der Waals surface area contributed by atoms with Gasteiger partial charge in [0.15, 0.2) is 0 Å². The number of aliphatic hydroxyl groups excluding tert-OH is 1. The van der Waals surface area contributed by atoms with E-state index in [1.807, 2.05) is 41.1 Å². The van der Waals surface area contributed by atoms with Crippen molar-refractivity contribution < 1.29 is 14.6 Å². The Balaban J connectivity index is 1.94. The van der Waals surface area contributed by atoms with E-state index in [2.05, 4.69) is 4.98 Å². The van der Waals surface area contributed by atoms with Crippen molar-refractivity contribution in [2.24, 2.45) is 0 Å². The average molecular weight is 324 g/mol. The van der Waals surface area contributed by atoms with Crippen LogP contribution < -0.4 is 9.47 Å². The molecule has 5 nitrogen and oxygen atoms in total. The summed E-state index contributed by atoms with van der Waals surface area (Å²) in [5, 5.41) is 10.9. The first kappa shape index (κ1) is 16.1. The van der Waals surface area contributed by atoms with Crippen LogP contribution >= 0.6 is 0 Å². The number of methoxy groups -OCH3 is 2. The molecule has 1 N–H and O–H groups in total. The van der Waals surface area contributed by atoms with Gasteiger partial charge in [0.25, 0.3) is 0 Å². The van der Waals surface area contributed by atoms with Crippen LogP contribution in [0.1, 0.15) is 23.1 Å². The van der Waals surface area contributed by atoms with Gasteiger partial charge >= 0.3 is 0 Å². The Morgan fingerprint density at radius 2 is 1.88 bits per heavy atom. The first-order chi connectivity index (χ1) is 11.7. The smallest absolute Gasteiger partial charge is 0.142 e. The van der Waals surface area contributed by atoms with Gasteiger partial charge in [0.1, 0.15) is 23.4 Å². The van der Waals surface area contributed by atoms with Crippen LogP contribution in [0.25, 0.3) is 0 Å². The van der Waals surface area contributed by atoms with Gasteiger partial charge < -0.3 is 19.1 Å². The van der Waals surface area contributed by atoms with Crippen molar-refractivity contribution in [3.05, 3.63) is 77.9 Å². The minimum atomic E-state index is -0.909. The summed E-state index contributed by atoms with van der Waals surface area (Å²) in [5.41, 5.74) is 1.76. The molecule has 5 heteroatoms. The van der Waals surface area contributed by atoms with Gasteiger partial charge in [-0.1, -0.05) is 30.3 Å². The van der Waals surface area contributed by atoms with E-state index in [1.165, 1.54) is 0 Å². The minimum Gasteiger partial charge on any atom is -0.497 e. The topological polar surface area (TPSA) is 56.5 Å². The molecule has 0 aliphatic heterocycles. The lowest BCUT2D eigenvalue weighted by molar-refractivity contribution is 0.199. The molecule has 0 aliphatic rings. The predicted molar refractivity (Wildman–Crippen MR) is 91.4 cm³/mol. The molecule has 0 saturated carbocycles. The summed E-state index contributed by atoms with van der Waals surface area (Å²) >= 11 is 0. The number of rotatable bonds is 6. The third-order valence-corrected chi connectivity index (χ3v) is 3.92. The van der Waals surface area contributed by atoms with Crippen LogP contribution in [0.4, 0.5) is 0 Å². The number of aromatic nitrogens is 2. The molecule has 0 amide bonds. The third-order valence-electron chi connectivity index (χ3n) is 3.92. The number of nitrogens with zero attached hydrogens (tertiary/aromatic N) is 2. The second-order valence-electron chi connectivity index (χ2n) is 5.41. The standard InChI is InChI=1S/C19H20N2O3/c1-23-15-8-9-17(24-2)16(12-15)18(22)19-20-10-11-21(19)13-14-6-4-3-5-7-14/h3-12,18,22H,13H2,1-2H3/t18-/m1/s1. The molecule has 1 aromatic heterocycles. The van der Waals surface area contributed by atoms with Crippen LogP contribution in [0.3, 0.4) is 0 Å². The van der Waals surface area contributed by atoms with Crippen molar-refractivity contribution >= 4 is 0 Å². The van der Waals surface area contributed by atoms with E-state index in [9.17, 15) is 5.11 Å². The Kier molecular flexibility index (Phi) is 4.82. The van der Waals surface area contributed by atoms with E-state index in [0.29, 0.717) is 29.4 Å². The maximum Gasteiger partial charge on any atom is 0.142 e. The Bertz CT molecular complexity index is 799. The quantitative estimate of drug-likeness (QED) is 0.757. The van der Waals surface area contributed by atoms with E-state index >= 15 is 0 Å². The van der Waals surface area contributed by atoms with E-state index in [4.69, 9.17) is 9.47 Å². The van der Waals surface area contributed by atoms with Crippen LogP contribution in [0.15, 0.2) is 60.9 Å². The summed E-state index contributed by atoms with van der Waals surface area (Å²) in [6.07, 6.45) is 2.64. The van der Waals surface area contributed by atoms with Gasteiger partial charge in [-0.2, -0.15) is 0 Å². The molecule has 0 radical (unpaired) electrons. The molecule has 1 heterocycles. The van der Waals surface area contributed by atoms with Crippen LogP contribution in [0.2, 0.25) is 0 Å². The zero-order valence-corrected chi connectivity index (χ0v) is 13.7. The molecule has 0 saturated heterocycles. The summed E-state index contributed by atoms with van der Waals surface area (Å²) in [4.78, 5) is 4.34. The summed E-state index contributed by atoms with van der Waals surface area (Å²) < 4.78 is 12.6. The SMILES string of the molecule is COc1ccc(OC)c([C@@H](O)c2nccn2Cc2ccccc2)c1. The van der Waals surface area contributed by atoms with Crippen LogP contribution in [0, 0.1) is 0 Å². The fourth-order valence-corrected chi connectivity index (χ4v) is 2.67. The Labute approximate surface area is 141 Å². The molecule has 0 aliphatic carbocycles. The van der Waals surface area contributed by atoms with Gasteiger partial charge in [0.05, 0.1) is 14.2 Å². The van der Waals surface area contributed by atoms with Crippen molar-refractivity contribution in [3.63, 3.8) is 0 Å². The van der Waals surface area contributed by atoms with Crippen LogP contribution in [-0.4, -0.2) is 28.9 Å². The Morgan fingerprint density at radius 3 is 2.58 bits per heavy atom. The summed E-state index contributed by atoms with van der Waals surface area (Å²) in [6.45, 7) is 0.638. The molecular weight excluding hydrogens is 304 g/mol. The van der Waals surface area contributed by atoms with E-state index in [-0.39, 0.29) is 0 Å². The van der Waals surface area contributed by atoms with Gasteiger partial charge in [-0.05, 0) is 23.8 Å². The maximum atomic E-state index is 10.9. The van der Waals surface area contributed by atoms with Gasteiger partial charge in [0.2, 0.25) is 0 Å². The molecule has 24 heavy (non-hydrogen) atoms. The summed E-state index contributed by atoms with van der Waals surface area (Å²) in [6, 6.07) is 15.4. The number of hydrogen-bond acceptors (Lipinski definition) is 4. The monoisotopic (exact) mass is 324 g/mol. The van der Waals surface area contributed by atoms with Crippen molar-refractivity contribution in [2.75, 3.05) is 14.2 Å². The highest BCUT2D eigenvalue weighted by Crippen LogP contribution is 2.32. The molecule has 3 rings (SSSR count). The zero-order valence-electron chi connectivity index (χ0n) is 13.7. The number of ether oxygens (including phenoxy) is 2. The van der Waals surface area contributed by atoms with Crippen molar-refractivity contribution in [2.45, 2.75) is 12.6 Å². The van der Waals surface area contributed by atoms with Crippen molar-refractivity contribution in [1.29, 1.82) is 0 Å². The minimum absolute atomic E-state index is 0.561. The Morgan fingerprint density at radius 1 is 1.08 bits per heavy atom. The fourth-order valence-electron chi connectivity index (χ4n) is 2.67. The first-order valence-corrected chi connectivity index (χ1v) is 7.68.